The number of nitrogens with zero attached hydrogens (tertiary/aromatic N) is 1. The topological polar surface area (TPSA) is 71.1 Å². The SMILES string of the molecule is O=S(=O)(Nc1ccc(NC2CC2)nc1)c1ccc2c(c1)CCCC2. The number of hydrogen-bond acceptors (Lipinski definition) is 4. The minimum absolute atomic E-state index is 0.323. The van der Waals surface area contributed by atoms with Gasteiger partial charge in [-0.25, -0.2) is 13.4 Å². The lowest BCUT2D eigenvalue weighted by molar-refractivity contribution is 0.600. The molecule has 6 heteroatoms. The highest BCUT2D eigenvalue weighted by Crippen LogP contribution is 2.26. The number of nitrogens with one attached hydrogen (secondary N) is 2. The molecule has 0 bridgehead atoms. The first-order valence-corrected chi connectivity index (χ1v) is 9.96. The van der Waals surface area contributed by atoms with Crippen LogP contribution in [0.1, 0.15) is 36.8 Å². The van der Waals surface area contributed by atoms with E-state index in [1.165, 1.54) is 24.8 Å². The van der Waals surface area contributed by atoms with E-state index >= 15 is 0 Å². The summed E-state index contributed by atoms with van der Waals surface area (Å²) in [6.07, 6.45) is 8.22. The summed E-state index contributed by atoms with van der Waals surface area (Å²) in [6.45, 7) is 0. The monoisotopic (exact) mass is 343 g/mol. The third kappa shape index (κ3) is 3.38. The summed E-state index contributed by atoms with van der Waals surface area (Å²) < 4.78 is 27.8. The molecule has 0 radical (unpaired) electrons. The van der Waals surface area contributed by atoms with Crippen molar-refractivity contribution in [2.75, 3.05) is 10.0 Å². The number of hydrogen-bond donors (Lipinski definition) is 2. The van der Waals surface area contributed by atoms with E-state index in [-0.39, 0.29) is 0 Å². The van der Waals surface area contributed by atoms with Gasteiger partial charge >= 0.3 is 0 Å². The van der Waals surface area contributed by atoms with Crippen LogP contribution in [0.3, 0.4) is 0 Å². The molecular formula is C18H21N3O2S. The van der Waals surface area contributed by atoms with Gasteiger partial charge in [-0.05, 0) is 73.9 Å². The highest BCUT2D eigenvalue weighted by atomic mass is 32.2. The van der Waals surface area contributed by atoms with Gasteiger partial charge in [-0.2, -0.15) is 0 Å². The number of pyridine rings is 1. The van der Waals surface area contributed by atoms with Gasteiger partial charge in [-0.15, -0.1) is 0 Å². The number of aromatic nitrogens is 1. The van der Waals surface area contributed by atoms with Crippen LogP contribution in [0.15, 0.2) is 41.4 Å². The summed E-state index contributed by atoms with van der Waals surface area (Å²) in [5.41, 5.74) is 2.91. The van der Waals surface area contributed by atoms with E-state index in [4.69, 9.17) is 0 Å². The van der Waals surface area contributed by atoms with Crippen LogP contribution in [0.2, 0.25) is 0 Å². The molecule has 0 aliphatic heterocycles. The molecule has 0 unspecified atom stereocenters. The Labute approximate surface area is 142 Å². The fourth-order valence-electron chi connectivity index (χ4n) is 3.07. The van der Waals surface area contributed by atoms with E-state index in [9.17, 15) is 8.42 Å². The van der Waals surface area contributed by atoms with Crippen molar-refractivity contribution in [2.24, 2.45) is 0 Å². The van der Waals surface area contributed by atoms with Gasteiger partial charge in [0.2, 0.25) is 0 Å². The molecule has 4 rings (SSSR count). The van der Waals surface area contributed by atoms with Gasteiger partial charge in [0.1, 0.15) is 5.82 Å². The van der Waals surface area contributed by atoms with Crippen LogP contribution in [0, 0.1) is 0 Å². The van der Waals surface area contributed by atoms with Gasteiger partial charge in [-0.1, -0.05) is 6.07 Å². The van der Waals surface area contributed by atoms with Crippen molar-refractivity contribution in [3.63, 3.8) is 0 Å². The first-order chi connectivity index (χ1) is 11.6. The number of sulfonamides is 1. The molecule has 2 aliphatic rings. The molecule has 0 atom stereocenters. The summed E-state index contributed by atoms with van der Waals surface area (Å²) >= 11 is 0. The summed E-state index contributed by atoms with van der Waals surface area (Å²) in [7, 11) is -3.58. The summed E-state index contributed by atoms with van der Waals surface area (Å²) in [6, 6.07) is 9.53. The minimum Gasteiger partial charge on any atom is -0.367 e. The molecule has 1 fully saturated rings. The number of anilines is 2. The Hall–Kier alpha value is -2.08. The largest absolute Gasteiger partial charge is 0.367 e. The molecule has 2 aliphatic carbocycles. The van der Waals surface area contributed by atoms with Crippen molar-refractivity contribution in [1.29, 1.82) is 0 Å². The fraction of sp³-hybridized carbons (Fsp3) is 0.389. The number of fused-ring (bicyclic) bond motifs is 1. The van der Waals surface area contributed by atoms with Crippen LogP contribution >= 0.6 is 0 Å². The lowest BCUT2D eigenvalue weighted by Crippen LogP contribution is -2.14. The molecule has 1 saturated carbocycles. The zero-order chi connectivity index (χ0) is 16.6. The molecule has 1 heterocycles. The maximum atomic E-state index is 12.6. The molecule has 0 amide bonds. The first kappa shape index (κ1) is 15.4. The highest BCUT2D eigenvalue weighted by molar-refractivity contribution is 7.92. The van der Waals surface area contributed by atoms with Gasteiger partial charge in [0.25, 0.3) is 10.0 Å². The highest BCUT2D eigenvalue weighted by Gasteiger charge is 2.21. The van der Waals surface area contributed by atoms with Gasteiger partial charge in [-0.3, -0.25) is 4.72 Å². The standard InChI is InChI=1S/C18H21N3O2S/c22-24(23,17-9-5-13-3-1-2-4-14(13)11-17)21-16-8-10-18(19-12-16)20-15-6-7-15/h5,8-12,15,21H,1-4,6-7H2,(H,19,20). The Morgan fingerprint density at radius 1 is 1.00 bits per heavy atom. The third-order valence-corrected chi connectivity index (χ3v) is 5.95. The molecule has 0 saturated heterocycles. The molecule has 24 heavy (non-hydrogen) atoms. The smallest absolute Gasteiger partial charge is 0.261 e. The van der Waals surface area contributed by atoms with Crippen LogP contribution < -0.4 is 10.0 Å². The molecule has 2 aromatic rings. The second kappa shape index (κ2) is 6.09. The molecule has 1 aromatic heterocycles. The van der Waals surface area contributed by atoms with Gasteiger partial charge in [0.05, 0.1) is 16.8 Å². The van der Waals surface area contributed by atoms with E-state index in [0.29, 0.717) is 16.6 Å². The van der Waals surface area contributed by atoms with Crippen molar-refractivity contribution < 1.29 is 8.42 Å². The molecule has 0 spiro atoms. The maximum Gasteiger partial charge on any atom is 0.261 e. The summed E-state index contributed by atoms with van der Waals surface area (Å²) in [5.74, 6) is 0.786. The average molecular weight is 343 g/mol. The van der Waals surface area contributed by atoms with Crippen molar-refractivity contribution >= 4 is 21.5 Å². The Balaban J connectivity index is 1.52. The molecule has 1 aromatic carbocycles. The van der Waals surface area contributed by atoms with Gasteiger partial charge < -0.3 is 5.32 Å². The van der Waals surface area contributed by atoms with Gasteiger partial charge in [0.15, 0.2) is 0 Å². The summed E-state index contributed by atoms with van der Waals surface area (Å²) in [5, 5.41) is 3.28. The Kier molecular flexibility index (Phi) is 3.92. The predicted octanol–water partition coefficient (Wildman–Crippen LogP) is 3.34. The van der Waals surface area contributed by atoms with Crippen LogP contribution in [-0.4, -0.2) is 19.4 Å². The maximum absolute atomic E-state index is 12.6. The first-order valence-electron chi connectivity index (χ1n) is 8.47. The molecule has 5 nitrogen and oxygen atoms in total. The second-order valence-electron chi connectivity index (χ2n) is 6.59. The number of rotatable bonds is 5. The molecule has 2 N–H and O–H groups in total. The van der Waals surface area contributed by atoms with Crippen LogP contribution in [-0.2, 0) is 22.9 Å². The fourth-order valence-corrected chi connectivity index (χ4v) is 4.16. The normalized spacial score (nSPS) is 17.2. The van der Waals surface area contributed by atoms with Crippen LogP contribution in [0.4, 0.5) is 11.5 Å². The van der Waals surface area contributed by atoms with Crippen LogP contribution in [0.5, 0.6) is 0 Å². The van der Waals surface area contributed by atoms with Crippen molar-refractivity contribution in [2.45, 2.75) is 49.5 Å². The van der Waals surface area contributed by atoms with E-state index in [1.54, 1.807) is 18.3 Å². The van der Waals surface area contributed by atoms with Crippen molar-refractivity contribution in [3.05, 3.63) is 47.7 Å². The predicted molar refractivity (Wildman–Crippen MR) is 94.8 cm³/mol. The number of aryl methyl sites for hydroxylation is 2. The van der Waals surface area contributed by atoms with Gasteiger partial charge in [0, 0.05) is 6.04 Å². The lowest BCUT2D eigenvalue weighted by Gasteiger charge is -2.17. The Morgan fingerprint density at radius 2 is 1.79 bits per heavy atom. The average Bonchev–Trinajstić information content (AvgIpc) is 3.40. The Morgan fingerprint density at radius 3 is 2.50 bits per heavy atom. The number of benzene rings is 1. The van der Waals surface area contributed by atoms with E-state index in [1.807, 2.05) is 18.2 Å². The quantitative estimate of drug-likeness (QED) is 0.873. The molecule has 126 valence electrons. The lowest BCUT2D eigenvalue weighted by atomic mass is 9.92. The van der Waals surface area contributed by atoms with E-state index in [2.05, 4.69) is 15.0 Å². The zero-order valence-electron chi connectivity index (χ0n) is 13.5. The third-order valence-electron chi connectivity index (χ3n) is 4.58. The minimum atomic E-state index is -3.58. The Bertz CT molecular complexity index is 843. The zero-order valence-corrected chi connectivity index (χ0v) is 14.3. The van der Waals surface area contributed by atoms with E-state index in [0.717, 1.165) is 30.6 Å². The van der Waals surface area contributed by atoms with Crippen molar-refractivity contribution in [1.82, 2.24) is 4.98 Å². The van der Waals surface area contributed by atoms with Crippen LogP contribution in [0.25, 0.3) is 0 Å². The second-order valence-corrected chi connectivity index (χ2v) is 8.28. The molecular weight excluding hydrogens is 322 g/mol. The van der Waals surface area contributed by atoms with E-state index < -0.39 is 10.0 Å². The summed E-state index contributed by atoms with van der Waals surface area (Å²) in [4.78, 5) is 4.59. The van der Waals surface area contributed by atoms with Crippen molar-refractivity contribution in [3.8, 4) is 0 Å².